The number of hydrogen-bond donors (Lipinski definition) is 1. The highest BCUT2D eigenvalue weighted by molar-refractivity contribution is 9.10. The van der Waals surface area contributed by atoms with Crippen LogP contribution in [0.2, 0.25) is 0 Å². The highest BCUT2D eigenvalue weighted by Gasteiger charge is 2.12. The summed E-state index contributed by atoms with van der Waals surface area (Å²) in [4.78, 5) is 20.4. The minimum Gasteiger partial charge on any atom is -0.489 e. The average Bonchev–Trinajstić information content (AvgIpc) is 3.26. The first kappa shape index (κ1) is 21.0. The van der Waals surface area contributed by atoms with Crippen molar-refractivity contribution in [1.29, 1.82) is 0 Å². The molecule has 7 nitrogen and oxygen atoms in total. The summed E-state index contributed by atoms with van der Waals surface area (Å²) in [5.41, 5.74) is 3.27. The van der Waals surface area contributed by atoms with Gasteiger partial charge in [0.15, 0.2) is 5.65 Å². The van der Waals surface area contributed by atoms with Gasteiger partial charge in [-0.15, -0.1) is 0 Å². The first-order chi connectivity index (χ1) is 16.1. The Morgan fingerprint density at radius 3 is 2.52 bits per heavy atom. The van der Waals surface area contributed by atoms with Crippen LogP contribution in [0.15, 0.2) is 77.8 Å². The number of aromatic nitrogens is 5. The molecule has 9 heteroatoms. The van der Waals surface area contributed by atoms with E-state index < -0.39 is 0 Å². The normalized spacial score (nSPS) is 11.0. The van der Waals surface area contributed by atoms with Gasteiger partial charge in [-0.25, -0.2) is 14.4 Å². The molecule has 164 valence electrons. The number of benzene rings is 2. The van der Waals surface area contributed by atoms with E-state index in [0.717, 1.165) is 15.6 Å². The maximum atomic E-state index is 14.0. The standard InChI is InChI=1S/C24H17BrFN5O2/c25-17-9-22-24(29-11-17)31-23(30-22)16-7-19(32-13-15-3-1-2-4-21(15)26)10-20(8-16)33-14-18-12-27-5-6-28-18/h1-12H,13-14H2,(H,29,30,31). The molecule has 0 fully saturated rings. The SMILES string of the molecule is Fc1ccccc1COc1cc(OCc2cnccn2)cc(-c2nc3ncc(Br)cc3[nH]2)c1. The van der Waals surface area contributed by atoms with E-state index in [0.29, 0.717) is 34.2 Å². The van der Waals surface area contributed by atoms with Gasteiger partial charge in [-0.3, -0.25) is 9.97 Å². The third-order valence-electron chi connectivity index (χ3n) is 4.81. The Bertz CT molecular complexity index is 1410. The number of imidazole rings is 1. The molecule has 2 aromatic carbocycles. The van der Waals surface area contributed by atoms with Crippen LogP contribution >= 0.6 is 15.9 Å². The van der Waals surface area contributed by atoms with Gasteiger partial charge in [0, 0.05) is 40.3 Å². The van der Waals surface area contributed by atoms with Crippen molar-refractivity contribution in [3.63, 3.8) is 0 Å². The number of ether oxygens (including phenoxy) is 2. The fourth-order valence-corrected chi connectivity index (χ4v) is 3.56. The Labute approximate surface area is 196 Å². The van der Waals surface area contributed by atoms with Crippen LogP contribution < -0.4 is 9.47 Å². The van der Waals surface area contributed by atoms with E-state index in [1.807, 2.05) is 18.2 Å². The molecular weight excluding hydrogens is 489 g/mol. The van der Waals surface area contributed by atoms with Crippen LogP contribution in [0.5, 0.6) is 11.5 Å². The van der Waals surface area contributed by atoms with Crippen LogP contribution in [0.25, 0.3) is 22.6 Å². The molecule has 0 aliphatic carbocycles. The molecule has 1 N–H and O–H groups in total. The van der Waals surface area contributed by atoms with Crippen molar-refractivity contribution in [3.05, 3.63) is 94.9 Å². The van der Waals surface area contributed by atoms with Crippen LogP contribution in [0.1, 0.15) is 11.3 Å². The smallest absolute Gasteiger partial charge is 0.178 e. The summed E-state index contributed by atoms with van der Waals surface area (Å²) in [5, 5.41) is 0. The zero-order valence-corrected chi connectivity index (χ0v) is 18.8. The van der Waals surface area contributed by atoms with E-state index in [2.05, 4.69) is 40.8 Å². The van der Waals surface area contributed by atoms with E-state index in [-0.39, 0.29) is 19.0 Å². The molecule has 0 spiro atoms. The largest absolute Gasteiger partial charge is 0.489 e. The lowest BCUT2D eigenvalue weighted by Gasteiger charge is -2.12. The van der Waals surface area contributed by atoms with Gasteiger partial charge >= 0.3 is 0 Å². The lowest BCUT2D eigenvalue weighted by atomic mass is 10.2. The summed E-state index contributed by atoms with van der Waals surface area (Å²) in [7, 11) is 0. The monoisotopic (exact) mass is 505 g/mol. The Balaban J connectivity index is 1.46. The van der Waals surface area contributed by atoms with Gasteiger partial charge in [0.1, 0.15) is 36.4 Å². The molecule has 0 amide bonds. The predicted molar refractivity (Wildman–Crippen MR) is 124 cm³/mol. The fraction of sp³-hybridized carbons (Fsp3) is 0.0833. The van der Waals surface area contributed by atoms with Crippen LogP contribution in [0.3, 0.4) is 0 Å². The highest BCUT2D eigenvalue weighted by Crippen LogP contribution is 2.31. The fourth-order valence-electron chi connectivity index (χ4n) is 3.22. The molecule has 0 bridgehead atoms. The summed E-state index contributed by atoms with van der Waals surface area (Å²) in [6, 6.07) is 13.8. The summed E-state index contributed by atoms with van der Waals surface area (Å²) >= 11 is 3.42. The molecule has 3 aromatic heterocycles. The first-order valence-corrected chi connectivity index (χ1v) is 10.8. The third-order valence-corrected chi connectivity index (χ3v) is 5.25. The minimum absolute atomic E-state index is 0.0777. The molecule has 0 atom stereocenters. The molecule has 0 radical (unpaired) electrons. The van der Waals surface area contributed by atoms with E-state index in [9.17, 15) is 4.39 Å². The number of H-pyrrole nitrogens is 1. The zero-order valence-electron chi connectivity index (χ0n) is 17.2. The van der Waals surface area contributed by atoms with Crippen LogP contribution in [0, 0.1) is 5.82 Å². The molecule has 5 aromatic rings. The average molecular weight is 506 g/mol. The molecule has 0 saturated heterocycles. The molecule has 0 aliphatic rings. The van der Waals surface area contributed by atoms with Crippen LogP contribution in [-0.2, 0) is 13.2 Å². The number of hydrogen-bond acceptors (Lipinski definition) is 6. The first-order valence-electron chi connectivity index (χ1n) is 10.0. The summed E-state index contributed by atoms with van der Waals surface area (Å²) in [6.07, 6.45) is 6.54. The lowest BCUT2D eigenvalue weighted by Crippen LogP contribution is -2.01. The predicted octanol–water partition coefficient (Wildman–Crippen LogP) is 5.47. The third kappa shape index (κ3) is 4.98. The van der Waals surface area contributed by atoms with Crippen molar-refractivity contribution < 1.29 is 13.9 Å². The Morgan fingerprint density at radius 1 is 0.909 bits per heavy atom. The van der Waals surface area contributed by atoms with E-state index in [1.165, 1.54) is 6.07 Å². The molecular formula is C24H17BrFN5O2. The Hall–Kier alpha value is -3.85. The number of nitrogens with zero attached hydrogens (tertiary/aromatic N) is 4. The Morgan fingerprint density at radius 2 is 1.73 bits per heavy atom. The molecule has 0 saturated carbocycles. The maximum absolute atomic E-state index is 14.0. The van der Waals surface area contributed by atoms with Gasteiger partial charge in [0.25, 0.3) is 0 Å². The summed E-state index contributed by atoms with van der Waals surface area (Å²) < 4.78 is 26.7. The number of fused-ring (bicyclic) bond motifs is 1. The maximum Gasteiger partial charge on any atom is 0.178 e. The second-order valence-corrected chi connectivity index (χ2v) is 8.08. The highest BCUT2D eigenvalue weighted by atomic mass is 79.9. The van der Waals surface area contributed by atoms with Crippen molar-refractivity contribution in [1.82, 2.24) is 24.9 Å². The van der Waals surface area contributed by atoms with Crippen molar-refractivity contribution in [2.24, 2.45) is 0 Å². The Kier molecular flexibility index (Phi) is 5.95. The topological polar surface area (TPSA) is 85.8 Å². The number of halogens is 2. The molecule has 5 rings (SSSR count). The quantitative estimate of drug-likeness (QED) is 0.315. The molecule has 0 aliphatic heterocycles. The van der Waals surface area contributed by atoms with Gasteiger partial charge in [-0.05, 0) is 40.2 Å². The van der Waals surface area contributed by atoms with Crippen LogP contribution in [0.4, 0.5) is 4.39 Å². The molecule has 33 heavy (non-hydrogen) atoms. The van der Waals surface area contributed by atoms with Gasteiger partial charge in [-0.2, -0.15) is 0 Å². The second-order valence-electron chi connectivity index (χ2n) is 7.17. The number of rotatable bonds is 7. The van der Waals surface area contributed by atoms with Gasteiger partial charge in [-0.1, -0.05) is 18.2 Å². The summed E-state index contributed by atoms with van der Waals surface area (Å²) in [6.45, 7) is 0.313. The number of pyridine rings is 1. The van der Waals surface area contributed by atoms with Crippen molar-refractivity contribution >= 4 is 27.1 Å². The van der Waals surface area contributed by atoms with E-state index >= 15 is 0 Å². The van der Waals surface area contributed by atoms with Crippen LogP contribution in [-0.4, -0.2) is 24.9 Å². The van der Waals surface area contributed by atoms with Crippen molar-refractivity contribution in [2.75, 3.05) is 0 Å². The van der Waals surface area contributed by atoms with E-state index in [1.54, 1.807) is 49.1 Å². The molecule has 0 unspecified atom stereocenters. The summed E-state index contributed by atoms with van der Waals surface area (Å²) in [5.74, 6) is 1.36. The number of aromatic amines is 1. The number of nitrogens with one attached hydrogen (secondary N) is 1. The molecule has 3 heterocycles. The van der Waals surface area contributed by atoms with Crippen molar-refractivity contribution in [2.45, 2.75) is 13.2 Å². The zero-order chi connectivity index (χ0) is 22.6. The van der Waals surface area contributed by atoms with Gasteiger partial charge in [0.2, 0.25) is 0 Å². The van der Waals surface area contributed by atoms with Crippen molar-refractivity contribution in [3.8, 4) is 22.9 Å². The van der Waals surface area contributed by atoms with E-state index in [4.69, 9.17) is 9.47 Å². The van der Waals surface area contributed by atoms with Gasteiger partial charge in [0.05, 0.1) is 17.4 Å². The minimum atomic E-state index is -0.318. The lowest BCUT2D eigenvalue weighted by molar-refractivity contribution is 0.285. The second kappa shape index (κ2) is 9.33. The van der Waals surface area contributed by atoms with Gasteiger partial charge < -0.3 is 14.5 Å².